The van der Waals surface area contributed by atoms with Gasteiger partial charge in [0, 0.05) is 38.2 Å². The van der Waals surface area contributed by atoms with Crippen molar-refractivity contribution in [1.82, 2.24) is 25.5 Å². The summed E-state index contributed by atoms with van der Waals surface area (Å²) in [5, 5.41) is 5.66. The van der Waals surface area contributed by atoms with Gasteiger partial charge in [-0.05, 0) is 43.7 Å². The Morgan fingerprint density at radius 3 is 2.48 bits per heavy atom. The number of urea groups is 1. The smallest absolute Gasteiger partial charge is 0.315 e. The van der Waals surface area contributed by atoms with E-state index in [1.807, 2.05) is 50.2 Å². The number of nitrogens with zero attached hydrogens (tertiary/aromatic N) is 2. The zero-order chi connectivity index (χ0) is 20.8. The number of H-pyrrole nitrogens is 1. The summed E-state index contributed by atoms with van der Waals surface area (Å²) in [4.78, 5) is 33.7. The lowest BCUT2D eigenvalue weighted by molar-refractivity contribution is 0.0755. The lowest BCUT2D eigenvalue weighted by Gasteiger charge is -2.21. The van der Waals surface area contributed by atoms with Crippen LogP contribution >= 0.6 is 0 Å². The van der Waals surface area contributed by atoms with Gasteiger partial charge in [-0.25, -0.2) is 9.78 Å². The molecule has 2 aromatic carbocycles. The Hall–Kier alpha value is -3.35. The van der Waals surface area contributed by atoms with Crippen molar-refractivity contribution < 1.29 is 9.59 Å². The van der Waals surface area contributed by atoms with Crippen LogP contribution in [0.3, 0.4) is 0 Å². The molecule has 0 radical (unpaired) electrons. The maximum Gasteiger partial charge on any atom is 0.315 e. The molecule has 0 bridgehead atoms. The largest absolute Gasteiger partial charge is 0.342 e. The quantitative estimate of drug-likeness (QED) is 0.576. The van der Waals surface area contributed by atoms with Gasteiger partial charge in [0.2, 0.25) is 0 Å². The zero-order valence-electron chi connectivity index (χ0n) is 17.0. The van der Waals surface area contributed by atoms with Gasteiger partial charge in [-0.2, -0.15) is 0 Å². The monoisotopic (exact) mass is 393 g/mol. The number of para-hydroxylation sites is 2. The van der Waals surface area contributed by atoms with E-state index in [1.165, 1.54) is 0 Å². The maximum absolute atomic E-state index is 12.3. The Balaban J connectivity index is 1.42. The second-order valence-corrected chi connectivity index (χ2v) is 7.27. The molecule has 0 saturated heterocycles. The van der Waals surface area contributed by atoms with Crippen molar-refractivity contribution in [3.05, 3.63) is 65.5 Å². The minimum absolute atomic E-state index is 0.0113. The van der Waals surface area contributed by atoms with E-state index in [-0.39, 0.29) is 18.0 Å². The molecule has 3 amide bonds. The normalized spacial score (nSPS) is 10.9. The van der Waals surface area contributed by atoms with E-state index in [4.69, 9.17) is 0 Å². The van der Waals surface area contributed by atoms with E-state index in [2.05, 4.69) is 20.6 Å². The Morgan fingerprint density at radius 1 is 1.07 bits per heavy atom. The number of aromatic nitrogens is 2. The van der Waals surface area contributed by atoms with Crippen LogP contribution in [0.1, 0.15) is 35.6 Å². The molecule has 0 spiro atoms. The van der Waals surface area contributed by atoms with Gasteiger partial charge in [-0.15, -0.1) is 0 Å². The van der Waals surface area contributed by atoms with Crippen LogP contribution in [-0.2, 0) is 13.0 Å². The highest BCUT2D eigenvalue weighted by Crippen LogP contribution is 2.10. The first-order chi connectivity index (χ1) is 13.9. The number of imidazole rings is 1. The SMILES string of the molecule is CC(C)N(C)C(=O)c1ccc(CNC(=O)NCCc2nc3ccccc3[nH]2)cc1. The average molecular weight is 393 g/mol. The van der Waals surface area contributed by atoms with Gasteiger partial charge in [0.25, 0.3) is 5.91 Å². The van der Waals surface area contributed by atoms with Crippen molar-refractivity contribution in [2.24, 2.45) is 0 Å². The summed E-state index contributed by atoms with van der Waals surface area (Å²) in [6.07, 6.45) is 0.627. The molecule has 3 N–H and O–H groups in total. The summed E-state index contributed by atoms with van der Waals surface area (Å²) in [6.45, 7) is 4.83. The Labute approximate surface area is 170 Å². The summed E-state index contributed by atoms with van der Waals surface area (Å²) in [7, 11) is 1.79. The third-order valence-corrected chi connectivity index (χ3v) is 4.83. The molecule has 0 atom stereocenters. The molecular weight excluding hydrogens is 366 g/mol. The van der Waals surface area contributed by atoms with Crippen molar-refractivity contribution in [1.29, 1.82) is 0 Å². The molecule has 0 aliphatic heterocycles. The average Bonchev–Trinajstić information content (AvgIpc) is 3.14. The standard InChI is InChI=1S/C22H27N5O2/c1-15(2)27(3)21(28)17-10-8-16(9-11-17)14-24-22(29)23-13-12-20-25-18-6-4-5-7-19(18)26-20/h4-11,15H,12-14H2,1-3H3,(H,25,26)(H2,23,24,29). The van der Waals surface area contributed by atoms with Gasteiger partial charge in [0.05, 0.1) is 11.0 Å². The maximum atomic E-state index is 12.3. The molecule has 1 heterocycles. The third-order valence-electron chi connectivity index (χ3n) is 4.83. The molecule has 0 saturated carbocycles. The zero-order valence-corrected chi connectivity index (χ0v) is 17.0. The second kappa shape index (κ2) is 9.23. The van der Waals surface area contributed by atoms with Gasteiger partial charge < -0.3 is 20.5 Å². The topological polar surface area (TPSA) is 90.1 Å². The molecule has 152 valence electrons. The minimum atomic E-state index is -0.235. The number of fused-ring (bicyclic) bond motifs is 1. The molecule has 7 heteroatoms. The number of carbonyl (C=O) groups excluding carboxylic acids is 2. The molecule has 0 aliphatic rings. The molecule has 3 aromatic rings. The van der Waals surface area contributed by atoms with E-state index in [0.717, 1.165) is 22.4 Å². The number of nitrogens with one attached hydrogen (secondary N) is 3. The fourth-order valence-corrected chi connectivity index (χ4v) is 2.87. The predicted molar refractivity (Wildman–Crippen MR) is 114 cm³/mol. The van der Waals surface area contributed by atoms with E-state index >= 15 is 0 Å². The third kappa shape index (κ3) is 5.34. The summed E-state index contributed by atoms with van der Waals surface area (Å²) >= 11 is 0. The number of hydrogen-bond donors (Lipinski definition) is 3. The first kappa shape index (κ1) is 20.4. The van der Waals surface area contributed by atoms with Crippen LogP contribution in [0.2, 0.25) is 0 Å². The van der Waals surface area contributed by atoms with Crippen molar-refractivity contribution in [2.75, 3.05) is 13.6 Å². The molecule has 0 unspecified atom stereocenters. The first-order valence-corrected chi connectivity index (χ1v) is 9.75. The van der Waals surface area contributed by atoms with E-state index in [0.29, 0.717) is 25.1 Å². The van der Waals surface area contributed by atoms with Gasteiger partial charge in [0.15, 0.2) is 0 Å². The lowest BCUT2D eigenvalue weighted by Crippen LogP contribution is -2.36. The molecule has 7 nitrogen and oxygen atoms in total. The van der Waals surface area contributed by atoms with Crippen molar-refractivity contribution in [2.45, 2.75) is 32.9 Å². The number of rotatable bonds is 7. The summed E-state index contributed by atoms with van der Waals surface area (Å²) < 4.78 is 0. The lowest BCUT2D eigenvalue weighted by atomic mass is 10.1. The van der Waals surface area contributed by atoms with Crippen molar-refractivity contribution in [3.63, 3.8) is 0 Å². The summed E-state index contributed by atoms with van der Waals surface area (Å²) in [5.74, 6) is 0.834. The van der Waals surface area contributed by atoms with Crippen LogP contribution < -0.4 is 10.6 Å². The van der Waals surface area contributed by atoms with Gasteiger partial charge in [0.1, 0.15) is 5.82 Å². The van der Waals surface area contributed by atoms with Gasteiger partial charge >= 0.3 is 6.03 Å². The second-order valence-electron chi connectivity index (χ2n) is 7.27. The predicted octanol–water partition coefficient (Wildman–Crippen LogP) is 3.09. The number of amides is 3. The van der Waals surface area contributed by atoms with Crippen LogP contribution in [0.5, 0.6) is 0 Å². The Morgan fingerprint density at radius 2 is 1.79 bits per heavy atom. The molecule has 0 aliphatic carbocycles. The fourth-order valence-electron chi connectivity index (χ4n) is 2.87. The Bertz CT molecular complexity index is 945. The van der Waals surface area contributed by atoms with E-state index < -0.39 is 0 Å². The fraction of sp³-hybridized carbons (Fsp3) is 0.318. The highest BCUT2D eigenvalue weighted by atomic mass is 16.2. The van der Waals surface area contributed by atoms with E-state index in [1.54, 1.807) is 24.1 Å². The Kier molecular flexibility index (Phi) is 6.49. The molecule has 1 aromatic heterocycles. The minimum Gasteiger partial charge on any atom is -0.342 e. The van der Waals surface area contributed by atoms with Crippen LogP contribution in [-0.4, -0.2) is 46.4 Å². The highest BCUT2D eigenvalue weighted by Gasteiger charge is 2.14. The molecule has 3 rings (SSSR count). The summed E-state index contributed by atoms with van der Waals surface area (Å²) in [5.41, 5.74) is 3.49. The number of aromatic amines is 1. The van der Waals surface area contributed by atoms with Gasteiger partial charge in [-0.3, -0.25) is 4.79 Å². The van der Waals surface area contributed by atoms with Crippen molar-refractivity contribution >= 4 is 23.0 Å². The first-order valence-electron chi connectivity index (χ1n) is 9.75. The number of benzene rings is 2. The van der Waals surface area contributed by atoms with Crippen LogP contribution in [0.15, 0.2) is 48.5 Å². The van der Waals surface area contributed by atoms with Gasteiger partial charge in [-0.1, -0.05) is 24.3 Å². The van der Waals surface area contributed by atoms with Crippen molar-refractivity contribution in [3.8, 4) is 0 Å². The summed E-state index contributed by atoms with van der Waals surface area (Å²) in [6, 6.07) is 15.0. The van der Waals surface area contributed by atoms with Crippen LogP contribution in [0.25, 0.3) is 11.0 Å². The van der Waals surface area contributed by atoms with E-state index in [9.17, 15) is 9.59 Å². The molecule has 0 fully saturated rings. The highest BCUT2D eigenvalue weighted by molar-refractivity contribution is 5.94. The molecule has 29 heavy (non-hydrogen) atoms. The molecular formula is C22H27N5O2. The van der Waals surface area contributed by atoms with Crippen LogP contribution in [0.4, 0.5) is 4.79 Å². The number of carbonyl (C=O) groups is 2. The van der Waals surface area contributed by atoms with Crippen LogP contribution in [0, 0.1) is 0 Å². The number of hydrogen-bond acceptors (Lipinski definition) is 3.